The molecule has 0 unspecified atom stereocenters. The van der Waals surface area contributed by atoms with Crippen molar-refractivity contribution in [2.75, 3.05) is 19.1 Å². The fraction of sp³-hybridized carbons (Fsp3) is 0.143. The summed E-state index contributed by atoms with van der Waals surface area (Å²) in [7, 11) is 3.28. The highest BCUT2D eigenvalue weighted by molar-refractivity contribution is 7.22. The number of nitrogens with zero attached hydrogens (tertiary/aromatic N) is 2. The van der Waals surface area contributed by atoms with Crippen LogP contribution in [0.1, 0.15) is 16.3 Å². The normalized spacial score (nSPS) is 10.8. The van der Waals surface area contributed by atoms with Gasteiger partial charge in [-0.25, -0.2) is 4.98 Å². The second-order valence-corrected chi connectivity index (χ2v) is 7.04. The van der Waals surface area contributed by atoms with E-state index < -0.39 is 0 Å². The Kier molecular flexibility index (Phi) is 4.99. The SMILES string of the molecule is COc1ccccc1OCc1ccc(C(=O)N(C)c2nc3ccccc3s2)o1. The predicted molar refractivity (Wildman–Crippen MR) is 108 cm³/mol. The molecule has 142 valence electrons. The van der Waals surface area contributed by atoms with Gasteiger partial charge in [0, 0.05) is 7.05 Å². The van der Waals surface area contributed by atoms with Crippen LogP contribution in [0, 0.1) is 0 Å². The molecule has 6 nitrogen and oxygen atoms in total. The number of benzene rings is 2. The molecule has 0 atom stereocenters. The first kappa shape index (κ1) is 18.1. The number of thiazole rings is 1. The summed E-state index contributed by atoms with van der Waals surface area (Å²) >= 11 is 1.46. The largest absolute Gasteiger partial charge is 0.493 e. The zero-order chi connectivity index (χ0) is 19.5. The lowest BCUT2D eigenvalue weighted by Gasteiger charge is -2.11. The molecule has 28 heavy (non-hydrogen) atoms. The van der Waals surface area contributed by atoms with Crippen LogP contribution in [0.2, 0.25) is 0 Å². The summed E-state index contributed by atoms with van der Waals surface area (Å²) in [6, 6.07) is 18.5. The highest BCUT2D eigenvalue weighted by atomic mass is 32.1. The van der Waals surface area contributed by atoms with Crippen molar-refractivity contribution in [3.05, 3.63) is 72.2 Å². The number of fused-ring (bicyclic) bond motifs is 1. The van der Waals surface area contributed by atoms with Crippen LogP contribution in [0.5, 0.6) is 11.5 Å². The number of hydrogen-bond acceptors (Lipinski definition) is 6. The minimum absolute atomic E-state index is 0.193. The molecule has 0 aliphatic heterocycles. The number of aromatic nitrogens is 1. The fourth-order valence-corrected chi connectivity index (χ4v) is 3.64. The molecule has 0 N–H and O–H groups in total. The van der Waals surface area contributed by atoms with Gasteiger partial charge in [0.1, 0.15) is 12.4 Å². The number of anilines is 1. The minimum Gasteiger partial charge on any atom is -0.493 e. The fourth-order valence-electron chi connectivity index (χ4n) is 2.71. The van der Waals surface area contributed by atoms with E-state index in [0.717, 1.165) is 10.2 Å². The number of methoxy groups -OCH3 is 1. The first-order chi connectivity index (χ1) is 13.7. The third kappa shape index (κ3) is 3.57. The molecule has 0 saturated heterocycles. The number of carbonyl (C=O) groups is 1. The molecule has 0 radical (unpaired) electrons. The molecule has 4 rings (SSSR count). The number of carbonyl (C=O) groups excluding carboxylic acids is 1. The van der Waals surface area contributed by atoms with Crippen LogP contribution in [-0.2, 0) is 6.61 Å². The van der Waals surface area contributed by atoms with Crippen molar-refractivity contribution in [1.29, 1.82) is 0 Å². The molecule has 0 aliphatic rings. The van der Waals surface area contributed by atoms with E-state index in [1.54, 1.807) is 26.3 Å². The van der Waals surface area contributed by atoms with Crippen LogP contribution >= 0.6 is 11.3 Å². The van der Waals surface area contributed by atoms with Crippen molar-refractivity contribution < 1.29 is 18.7 Å². The molecular formula is C21H18N2O4S. The van der Waals surface area contributed by atoms with Crippen molar-refractivity contribution in [3.8, 4) is 11.5 Å². The van der Waals surface area contributed by atoms with E-state index in [2.05, 4.69) is 4.98 Å². The van der Waals surface area contributed by atoms with Gasteiger partial charge in [-0.1, -0.05) is 35.6 Å². The van der Waals surface area contributed by atoms with Crippen LogP contribution in [0.4, 0.5) is 5.13 Å². The van der Waals surface area contributed by atoms with Gasteiger partial charge in [-0.15, -0.1) is 0 Å². The van der Waals surface area contributed by atoms with Gasteiger partial charge in [0.05, 0.1) is 17.3 Å². The predicted octanol–water partition coefficient (Wildman–Crippen LogP) is 4.75. The molecule has 0 aliphatic carbocycles. The Morgan fingerprint density at radius 2 is 1.82 bits per heavy atom. The van der Waals surface area contributed by atoms with E-state index in [1.807, 2.05) is 48.5 Å². The highest BCUT2D eigenvalue weighted by Crippen LogP contribution is 2.29. The van der Waals surface area contributed by atoms with Crippen LogP contribution in [0.15, 0.2) is 65.1 Å². The van der Waals surface area contributed by atoms with Gasteiger partial charge < -0.3 is 13.9 Å². The Balaban J connectivity index is 1.46. The maximum atomic E-state index is 12.7. The van der Waals surface area contributed by atoms with Gasteiger partial charge in [-0.05, 0) is 36.4 Å². The molecule has 2 aromatic heterocycles. The van der Waals surface area contributed by atoms with E-state index in [4.69, 9.17) is 13.9 Å². The zero-order valence-corrected chi connectivity index (χ0v) is 16.2. The number of para-hydroxylation sites is 3. The molecule has 0 bridgehead atoms. The number of furan rings is 1. The third-order valence-electron chi connectivity index (χ3n) is 4.19. The molecule has 1 amide bonds. The van der Waals surface area contributed by atoms with Gasteiger partial charge in [0.15, 0.2) is 22.4 Å². The Bertz CT molecular complexity index is 1090. The number of ether oxygens (including phenoxy) is 2. The number of rotatable bonds is 6. The summed E-state index contributed by atoms with van der Waals surface area (Å²) in [5.74, 6) is 1.77. The quantitative estimate of drug-likeness (QED) is 0.472. The molecule has 2 heterocycles. The summed E-state index contributed by atoms with van der Waals surface area (Å²) in [6.45, 7) is 0.193. The van der Waals surface area contributed by atoms with Gasteiger partial charge in [-0.3, -0.25) is 9.69 Å². The monoisotopic (exact) mass is 394 g/mol. The molecule has 0 fully saturated rings. The second kappa shape index (κ2) is 7.74. The Morgan fingerprint density at radius 3 is 2.61 bits per heavy atom. The first-order valence-electron chi connectivity index (χ1n) is 8.64. The molecule has 2 aromatic carbocycles. The topological polar surface area (TPSA) is 64.8 Å². The van der Waals surface area contributed by atoms with E-state index in [-0.39, 0.29) is 18.3 Å². The van der Waals surface area contributed by atoms with Crippen LogP contribution in [-0.4, -0.2) is 25.0 Å². The molecule has 0 spiro atoms. The lowest BCUT2D eigenvalue weighted by atomic mass is 10.3. The van der Waals surface area contributed by atoms with Gasteiger partial charge in [0.25, 0.3) is 5.91 Å². The van der Waals surface area contributed by atoms with E-state index in [1.165, 1.54) is 16.2 Å². The van der Waals surface area contributed by atoms with Crippen molar-refractivity contribution >= 4 is 32.6 Å². The van der Waals surface area contributed by atoms with E-state index in [9.17, 15) is 4.79 Å². The maximum Gasteiger partial charge on any atom is 0.295 e. The second-order valence-electron chi connectivity index (χ2n) is 6.03. The van der Waals surface area contributed by atoms with Crippen molar-refractivity contribution in [2.24, 2.45) is 0 Å². The average molecular weight is 394 g/mol. The summed E-state index contributed by atoms with van der Waals surface area (Å²) in [6.07, 6.45) is 0. The summed E-state index contributed by atoms with van der Waals surface area (Å²) in [4.78, 5) is 18.7. The zero-order valence-electron chi connectivity index (χ0n) is 15.4. The standard InChI is InChI=1S/C21H18N2O4S/c1-23(21-22-15-7-3-6-10-19(15)28-21)20(24)18-12-11-14(27-18)13-26-17-9-5-4-8-16(17)25-2/h3-12H,13H2,1-2H3. The minimum atomic E-state index is -0.261. The Hall–Kier alpha value is -3.32. The third-order valence-corrected chi connectivity index (χ3v) is 5.30. The average Bonchev–Trinajstić information content (AvgIpc) is 3.38. The molecule has 0 saturated carbocycles. The smallest absolute Gasteiger partial charge is 0.295 e. The van der Waals surface area contributed by atoms with Crippen LogP contribution in [0.3, 0.4) is 0 Å². The molecule has 4 aromatic rings. The summed E-state index contributed by atoms with van der Waals surface area (Å²) in [5.41, 5.74) is 0.868. The van der Waals surface area contributed by atoms with Gasteiger partial charge in [-0.2, -0.15) is 0 Å². The van der Waals surface area contributed by atoms with Crippen LogP contribution in [0.25, 0.3) is 10.2 Å². The van der Waals surface area contributed by atoms with Crippen LogP contribution < -0.4 is 14.4 Å². The summed E-state index contributed by atoms with van der Waals surface area (Å²) in [5, 5.41) is 0.620. The lowest BCUT2D eigenvalue weighted by Crippen LogP contribution is -2.25. The van der Waals surface area contributed by atoms with E-state index in [0.29, 0.717) is 22.4 Å². The van der Waals surface area contributed by atoms with Crippen molar-refractivity contribution in [2.45, 2.75) is 6.61 Å². The molecular weight excluding hydrogens is 376 g/mol. The van der Waals surface area contributed by atoms with Gasteiger partial charge in [0.2, 0.25) is 0 Å². The van der Waals surface area contributed by atoms with Crippen molar-refractivity contribution in [3.63, 3.8) is 0 Å². The lowest BCUT2D eigenvalue weighted by molar-refractivity contribution is 0.0962. The van der Waals surface area contributed by atoms with E-state index >= 15 is 0 Å². The molecule has 7 heteroatoms. The Morgan fingerprint density at radius 1 is 1.07 bits per heavy atom. The first-order valence-corrected chi connectivity index (χ1v) is 9.45. The van der Waals surface area contributed by atoms with Crippen molar-refractivity contribution in [1.82, 2.24) is 4.98 Å². The number of amides is 1. The Labute approximate surface area is 165 Å². The summed E-state index contributed by atoms with van der Waals surface area (Å²) < 4.78 is 17.7. The number of hydrogen-bond donors (Lipinski definition) is 0. The van der Waals surface area contributed by atoms with Gasteiger partial charge >= 0.3 is 0 Å². The highest BCUT2D eigenvalue weighted by Gasteiger charge is 2.20. The maximum absolute atomic E-state index is 12.7.